The normalized spacial score (nSPS) is 17.1. The predicted octanol–water partition coefficient (Wildman–Crippen LogP) is 3.08. The summed E-state index contributed by atoms with van der Waals surface area (Å²) in [4.78, 5) is 4.30. The zero-order valence-corrected chi connectivity index (χ0v) is 9.91. The molecule has 88 valence electrons. The van der Waals surface area contributed by atoms with Crippen LogP contribution in [0.2, 0.25) is 0 Å². The Hall–Kier alpha value is -1.25. The maximum absolute atomic E-state index is 5.26. The van der Waals surface area contributed by atoms with E-state index in [9.17, 15) is 0 Å². The largest absolute Gasteiger partial charge is 0.493 e. The molecule has 0 radical (unpaired) electrons. The van der Waals surface area contributed by atoms with Gasteiger partial charge in [-0.05, 0) is 30.9 Å². The minimum Gasteiger partial charge on any atom is -0.493 e. The number of nitrogens with one attached hydrogen (secondary N) is 1. The standard InChI is InChI=1S/C13H20N2O/c1-16-12-8-5-9-14-13(12)15-10-11-6-3-2-4-7-11/h5,8-9,11H,2-4,6-7,10H2,1H3,(H,14,15). The first-order valence-corrected chi connectivity index (χ1v) is 6.13. The van der Waals surface area contributed by atoms with Crippen molar-refractivity contribution in [2.45, 2.75) is 32.1 Å². The van der Waals surface area contributed by atoms with E-state index in [1.807, 2.05) is 12.1 Å². The van der Waals surface area contributed by atoms with Gasteiger partial charge in [-0.15, -0.1) is 0 Å². The van der Waals surface area contributed by atoms with Gasteiger partial charge in [0.1, 0.15) is 0 Å². The van der Waals surface area contributed by atoms with Gasteiger partial charge in [0.2, 0.25) is 0 Å². The number of ether oxygens (including phenoxy) is 1. The SMILES string of the molecule is COc1cccnc1NCC1CCCCC1. The lowest BCUT2D eigenvalue weighted by atomic mass is 9.89. The van der Waals surface area contributed by atoms with Crippen molar-refractivity contribution in [3.05, 3.63) is 18.3 Å². The Morgan fingerprint density at radius 2 is 2.19 bits per heavy atom. The summed E-state index contributed by atoms with van der Waals surface area (Å²) in [5.74, 6) is 2.51. The van der Waals surface area contributed by atoms with Gasteiger partial charge in [0.15, 0.2) is 11.6 Å². The van der Waals surface area contributed by atoms with Crippen LogP contribution >= 0.6 is 0 Å². The van der Waals surface area contributed by atoms with Crippen molar-refractivity contribution in [3.8, 4) is 5.75 Å². The molecule has 0 bridgehead atoms. The number of anilines is 1. The summed E-state index contributed by atoms with van der Waals surface area (Å²) in [5, 5.41) is 3.40. The van der Waals surface area contributed by atoms with Gasteiger partial charge in [0.25, 0.3) is 0 Å². The zero-order chi connectivity index (χ0) is 11.2. The van der Waals surface area contributed by atoms with Gasteiger partial charge < -0.3 is 10.1 Å². The molecule has 3 heteroatoms. The monoisotopic (exact) mass is 220 g/mol. The van der Waals surface area contributed by atoms with Gasteiger partial charge in [-0.3, -0.25) is 0 Å². The van der Waals surface area contributed by atoms with E-state index < -0.39 is 0 Å². The molecule has 3 nitrogen and oxygen atoms in total. The van der Waals surface area contributed by atoms with Crippen molar-refractivity contribution < 1.29 is 4.74 Å². The zero-order valence-electron chi connectivity index (χ0n) is 9.91. The Balaban J connectivity index is 1.88. The Labute approximate surface area is 97.2 Å². The van der Waals surface area contributed by atoms with Crippen LogP contribution in [0.4, 0.5) is 5.82 Å². The highest BCUT2D eigenvalue weighted by Crippen LogP contribution is 2.25. The second-order valence-corrected chi connectivity index (χ2v) is 4.44. The van der Waals surface area contributed by atoms with Gasteiger partial charge in [0.05, 0.1) is 7.11 Å². The third-order valence-electron chi connectivity index (χ3n) is 3.27. The van der Waals surface area contributed by atoms with E-state index in [1.54, 1.807) is 13.3 Å². The molecule has 0 saturated heterocycles. The van der Waals surface area contributed by atoms with E-state index in [1.165, 1.54) is 32.1 Å². The second-order valence-electron chi connectivity index (χ2n) is 4.44. The highest BCUT2D eigenvalue weighted by molar-refractivity contribution is 5.49. The Bertz CT molecular complexity index is 321. The van der Waals surface area contributed by atoms with Crippen molar-refractivity contribution in [3.63, 3.8) is 0 Å². The average Bonchev–Trinajstić information content (AvgIpc) is 2.38. The van der Waals surface area contributed by atoms with E-state index >= 15 is 0 Å². The molecule has 16 heavy (non-hydrogen) atoms. The van der Waals surface area contributed by atoms with Crippen LogP contribution in [0, 0.1) is 5.92 Å². The van der Waals surface area contributed by atoms with Gasteiger partial charge in [0, 0.05) is 12.7 Å². The van der Waals surface area contributed by atoms with E-state index in [4.69, 9.17) is 4.74 Å². The highest BCUT2D eigenvalue weighted by Gasteiger charge is 2.13. The number of methoxy groups -OCH3 is 1. The van der Waals surface area contributed by atoms with Crippen molar-refractivity contribution in [2.75, 3.05) is 19.0 Å². The molecule has 0 spiro atoms. The average molecular weight is 220 g/mol. The highest BCUT2D eigenvalue weighted by atomic mass is 16.5. The van der Waals surface area contributed by atoms with E-state index in [2.05, 4.69) is 10.3 Å². The summed E-state index contributed by atoms with van der Waals surface area (Å²) in [6, 6.07) is 3.83. The number of hydrogen-bond acceptors (Lipinski definition) is 3. The minimum atomic E-state index is 0.806. The fourth-order valence-corrected chi connectivity index (χ4v) is 2.32. The lowest BCUT2D eigenvalue weighted by Crippen LogP contribution is -2.17. The molecule has 0 unspecified atom stereocenters. The van der Waals surface area contributed by atoms with Crippen LogP contribution in [0.3, 0.4) is 0 Å². The van der Waals surface area contributed by atoms with E-state index in [0.717, 1.165) is 24.0 Å². The number of rotatable bonds is 4. The van der Waals surface area contributed by atoms with Crippen molar-refractivity contribution in [1.82, 2.24) is 4.98 Å². The van der Waals surface area contributed by atoms with Crippen molar-refractivity contribution in [2.24, 2.45) is 5.92 Å². The molecule has 2 rings (SSSR count). The lowest BCUT2D eigenvalue weighted by Gasteiger charge is -2.22. The maximum atomic E-state index is 5.26. The molecule has 1 aliphatic rings. The van der Waals surface area contributed by atoms with Gasteiger partial charge in [-0.2, -0.15) is 0 Å². The van der Waals surface area contributed by atoms with Crippen LogP contribution in [-0.2, 0) is 0 Å². The Morgan fingerprint density at radius 1 is 1.38 bits per heavy atom. The third kappa shape index (κ3) is 2.87. The maximum Gasteiger partial charge on any atom is 0.168 e. The first kappa shape index (κ1) is 11.2. The molecule has 0 aliphatic heterocycles. The summed E-state index contributed by atoms with van der Waals surface area (Å²) >= 11 is 0. The quantitative estimate of drug-likeness (QED) is 0.846. The van der Waals surface area contributed by atoms with Crippen molar-refractivity contribution in [1.29, 1.82) is 0 Å². The fraction of sp³-hybridized carbons (Fsp3) is 0.615. The minimum absolute atomic E-state index is 0.806. The molecule has 1 fully saturated rings. The molecule has 1 aromatic rings. The van der Waals surface area contributed by atoms with E-state index in [0.29, 0.717) is 0 Å². The molecule has 1 aliphatic carbocycles. The first-order valence-electron chi connectivity index (χ1n) is 6.13. The molecule has 1 N–H and O–H groups in total. The summed E-state index contributed by atoms with van der Waals surface area (Å²) in [6.07, 6.45) is 8.66. The van der Waals surface area contributed by atoms with Crippen LogP contribution in [0.15, 0.2) is 18.3 Å². The van der Waals surface area contributed by atoms with Gasteiger partial charge >= 0.3 is 0 Å². The van der Waals surface area contributed by atoms with Gasteiger partial charge in [-0.1, -0.05) is 19.3 Å². The van der Waals surface area contributed by atoms with Crippen molar-refractivity contribution >= 4 is 5.82 Å². The number of pyridine rings is 1. The van der Waals surface area contributed by atoms with Crippen LogP contribution in [-0.4, -0.2) is 18.6 Å². The number of aromatic nitrogens is 1. The molecule has 1 heterocycles. The second kappa shape index (κ2) is 5.73. The third-order valence-corrected chi connectivity index (χ3v) is 3.27. The van der Waals surface area contributed by atoms with Crippen LogP contribution in [0.5, 0.6) is 5.75 Å². The molecule has 1 saturated carbocycles. The summed E-state index contributed by atoms with van der Waals surface area (Å²) in [7, 11) is 1.68. The molecular weight excluding hydrogens is 200 g/mol. The summed E-state index contributed by atoms with van der Waals surface area (Å²) in [5.41, 5.74) is 0. The molecule has 0 aromatic carbocycles. The van der Waals surface area contributed by atoms with E-state index in [-0.39, 0.29) is 0 Å². The lowest BCUT2D eigenvalue weighted by molar-refractivity contribution is 0.371. The molecule has 0 atom stereocenters. The van der Waals surface area contributed by atoms with Crippen LogP contribution in [0.1, 0.15) is 32.1 Å². The molecule has 1 aromatic heterocycles. The predicted molar refractivity (Wildman–Crippen MR) is 65.9 cm³/mol. The smallest absolute Gasteiger partial charge is 0.168 e. The fourth-order valence-electron chi connectivity index (χ4n) is 2.32. The Kier molecular flexibility index (Phi) is 4.03. The van der Waals surface area contributed by atoms with Crippen LogP contribution in [0.25, 0.3) is 0 Å². The molecular formula is C13H20N2O. The topological polar surface area (TPSA) is 34.1 Å². The Morgan fingerprint density at radius 3 is 2.94 bits per heavy atom. The summed E-state index contributed by atoms with van der Waals surface area (Å²) in [6.45, 7) is 1.02. The number of nitrogens with zero attached hydrogens (tertiary/aromatic N) is 1. The first-order chi connectivity index (χ1) is 7.90. The summed E-state index contributed by atoms with van der Waals surface area (Å²) < 4.78 is 5.26. The molecule has 0 amide bonds. The van der Waals surface area contributed by atoms with Crippen LogP contribution < -0.4 is 10.1 Å². The number of hydrogen-bond donors (Lipinski definition) is 1. The van der Waals surface area contributed by atoms with Gasteiger partial charge in [-0.25, -0.2) is 4.98 Å².